The van der Waals surface area contributed by atoms with Crippen LogP contribution in [0.3, 0.4) is 0 Å². The second-order valence-corrected chi connectivity index (χ2v) is 6.66. The first-order valence-corrected chi connectivity index (χ1v) is 7.47. The Bertz CT molecular complexity index is 662. The Morgan fingerprint density at radius 1 is 1.38 bits per heavy atom. The lowest BCUT2D eigenvalue weighted by molar-refractivity contribution is -0.133. The molecular weight excluding hydrogens is 291 g/mol. The zero-order valence-corrected chi connectivity index (χ0v) is 12.9. The largest absolute Gasteiger partial charge is 0.481 e. The van der Waals surface area contributed by atoms with Gasteiger partial charge in [0.05, 0.1) is 11.4 Å². The zero-order valence-electron chi connectivity index (χ0n) is 12.1. The molecule has 0 aliphatic carbocycles. The highest BCUT2D eigenvalue weighted by atomic mass is 32.2. The van der Waals surface area contributed by atoms with Crippen molar-refractivity contribution < 1.29 is 14.3 Å². The van der Waals surface area contributed by atoms with E-state index in [0.717, 1.165) is 17.5 Å². The van der Waals surface area contributed by atoms with Gasteiger partial charge in [0.15, 0.2) is 0 Å². The Kier molecular flexibility index (Phi) is 4.37. The monoisotopic (exact) mass is 308 g/mol. The number of hydrogen-bond acceptors (Lipinski definition) is 3. The van der Waals surface area contributed by atoms with Crippen molar-refractivity contribution in [1.29, 1.82) is 0 Å². The lowest BCUT2D eigenvalue weighted by Crippen LogP contribution is -2.12. The molecule has 0 unspecified atom stereocenters. The van der Waals surface area contributed by atoms with Crippen LogP contribution in [0.1, 0.15) is 26.5 Å². The minimum Gasteiger partial charge on any atom is -0.481 e. The van der Waals surface area contributed by atoms with Gasteiger partial charge >= 0.3 is 5.97 Å². The molecular formula is C15H17FN2O2S. The first-order chi connectivity index (χ1) is 9.79. The second kappa shape index (κ2) is 5.89. The number of hydrogen-bond donors (Lipinski definition) is 1. The van der Waals surface area contributed by atoms with Gasteiger partial charge in [0.25, 0.3) is 0 Å². The first kappa shape index (κ1) is 15.6. The number of carboxylic acids is 1. The number of aromatic nitrogens is 2. The highest BCUT2D eigenvalue weighted by Crippen LogP contribution is 2.29. The fraction of sp³-hybridized carbons (Fsp3) is 0.333. The van der Waals surface area contributed by atoms with Gasteiger partial charge in [0.2, 0.25) is 0 Å². The van der Waals surface area contributed by atoms with E-state index < -0.39 is 11.8 Å². The van der Waals surface area contributed by atoms with E-state index >= 15 is 0 Å². The molecule has 112 valence electrons. The van der Waals surface area contributed by atoms with E-state index in [4.69, 9.17) is 5.11 Å². The van der Waals surface area contributed by atoms with E-state index in [1.165, 1.54) is 10.7 Å². The van der Waals surface area contributed by atoms with Crippen LogP contribution in [0, 0.1) is 5.82 Å². The van der Waals surface area contributed by atoms with Gasteiger partial charge in [-0.1, -0.05) is 44.7 Å². The molecule has 0 saturated carbocycles. The van der Waals surface area contributed by atoms with Gasteiger partial charge in [-0.3, -0.25) is 4.79 Å². The molecule has 0 saturated heterocycles. The highest BCUT2D eigenvalue weighted by molar-refractivity contribution is 7.99. The van der Waals surface area contributed by atoms with E-state index in [9.17, 15) is 9.18 Å². The van der Waals surface area contributed by atoms with Crippen LogP contribution in [0.25, 0.3) is 5.69 Å². The zero-order chi connectivity index (χ0) is 15.6. The number of para-hydroxylation sites is 1. The van der Waals surface area contributed by atoms with E-state index in [1.54, 1.807) is 18.2 Å². The van der Waals surface area contributed by atoms with Crippen LogP contribution >= 0.6 is 11.8 Å². The van der Waals surface area contributed by atoms with Crippen molar-refractivity contribution in [3.63, 3.8) is 0 Å². The van der Waals surface area contributed by atoms with Gasteiger partial charge in [0, 0.05) is 5.41 Å². The number of carboxylic acid groups (broad SMARTS) is 1. The number of thioether (sulfide) groups is 1. The number of halogens is 1. The molecule has 1 heterocycles. The summed E-state index contributed by atoms with van der Waals surface area (Å²) in [4.78, 5) is 10.8. The molecule has 0 aliphatic heterocycles. The van der Waals surface area contributed by atoms with Crippen LogP contribution in [-0.4, -0.2) is 26.6 Å². The Morgan fingerprint density at radius 3 is 2.62 bits per heavy atom. The third-order valence-electron chi connectivity index (χ3n) is 2.87. The summed E-state index contributed by atoms with van der Waals surface area (Å²) in [6.45, 7) is 6.02. The van der Waals surface area contributed by atoms with Crippen molar-refractivity contribution in [1.82, 2.24) is 9.78 Å². The molecule has 21 heavy (non-hydrogen) atoms. The molecule has 6 heteroatoms. The Balaban J connectivity index is 2.49. The predicted molar refractivity (Wildman–Crippen MR) is 80.6 cm³/mol. The summed E-state index contributed by atoms with van der Waals surface area (Å²) in [6, 6.07) is 8.14. The maximum Gasteiger partial charge on any atom is 0.313 e. The predicted octanol–water partition coefficient (Wildman–Crippen LogP) is 3.49. The summed E-state index contributed by atoms with van der Waals surface area (Å²) in [5.41, 5.74) is 0.911. The van der Waals surface area contributed by atoms with Gasteiger partial charge < -0.3 is 5.11 Å². The molecule has 0 fully saturated rings. The molecule has 0 amide bonds. The van der Waals surface area contributed by atoms with Gasteiger partial charge in [-0.05, 0) is 18.2 Å². The molecule has 0 bridgehead atoms. The quantitative estimate of drug-likeness (QED) is 0.879. The van der Waals surface area contributed by atoms with Crippen LogP contribution in [0.2, 0.25) is 0 Å². The number of nitrogens with zero attached hydrogens (tertiary/aromatic N) is 2. The Hall–Kier alpha value is -1.82. The standard InChI is InChI=1S/C15H17FN2O2S/c1-15(2,3)12-8-13(21-9-14(19)20)18(17-12)11-7-5-4-6-10(11)16/h4-8H,9H2,1-3H3,(H,19,20). The van der Waals surface area contributed by atoms with Crippen molar-refractivity contribution in [2.75, 3.05) is 5.75 Å². The van der Waals surface area contributed by atoms with Crippen molar-refractivity contribution in [3.8, 4) is 5.69 Å². The SMILES string of the molecule is CC(C)(C)c1cc(SCC(=O)O)n(-c2ccccc2F)n1. The molecule has 2 rings (SSSR count). The minimum absolute atomic E-state index is 0.0935. The van der Waals surface area contributed by atoms with Crippen LogP contribution in [0.5, 0.6) is 0 Å². The van der Waals surface area contributed by atoms with Crippen LogP contribution in [0.15, 0.2) is 35.4 Å². The molecule has 1 aromatic carbocycles. The van der Waals surface area contributed by atoms with Gasteiger partial charge in [-0.15, -0.1) is 0 Å². The molecule has 0 radical (unpaired) electrons. The number of carbonyl (C=O) groups is 1. The van der Waals surface area contributed by atoms with Crippen molar-refractivity contribution in [3.05, 3.63) is 41.8 Å². The van der Waals surface area contributed by atoms with Crippen LogP contribution in [-0.2, 0) is 10.2 Å². The molecule has 4 nitrogen and oxygen atoms in total. The number of benzene rings is 1. The van der Waals surface area contributed by atoms with Crippen LogP contribution in [0.4, 0.5) is 4.39 Å². The van der Waals surface area contributed by atoms with Crippen LogP contribution < -0.4 is 0 Å². The molecule has 0 atom stereocenters. The average molecular weight is 308 g/mol. The van der Waals surface area contributed by atoms with E-state index in [-0.39, 0.29) is 11.2 Å². The molecule has 0 spiro atoms. The highest BCUT2D eigenvalue weighted by Gasteiger charge is 2.22. The van der Waals surface area contributed by atoms with E-state index in [0.29, 0.717) is 10.7 Å². The van der Waals surface area contributed by atoms with Gasteiger partial charge in [-0.2, -0.15) is 5.10 Å². The second-order valence-electron chi connectivity index (χ2n) is 5.66. The molecule has 2 aromatic rings. The summed E-state index contributed by atoms with van der Waals surface area (Å²) >= 11 is 1.13. The smallest absolute Gasteiger partial charge is 0.313 e. The minimum atomic E-state index is -0.918. The third-order valence-corrected chi connectivity index (χ3v) is 3.85. The Labute approximate surface area is 127 Å². The average Bonchev–Trinajstić information content (AvgIpc) is 2.80. The summed E-state index contributed by atoms with van der Waals surface area (Å²) < 4.78 is 15.4. The third kappa shape index (κ3) is 3.64. The summed E-state index contributed by atoms with van der Waals surface area (Å²) in [7, 11) is 0. The van der Waals surface area contributed by atoms with E-state index in [1.807, 2.05) is 26.8 Å². The normalized spacial score (nSPS) is 11.6. The maximum atomic E-state index is 14.0. The van der Waals surface area contributed by atoms with E-state index in [2.05, 4.69) is 5.10 Å². The van der Waals surface area contributed by atoms with Crippen molar-refractivity contribution >= 4 is 17.7 Å². The fourth-order valence-electron chi connectivity index (χ4n) is 1.77. The Morgan fingerprint density at radius 2 is 2.05 bits per heavy atom. The first-order valence-electron chi connectivity index (χ1n) is 6.49. The van der Waals surface area contributed by atoms with Crippen molar-refractivity contribution in [2.45, 2.75) is 31.2 Å². The fourth-order valence-corrected chi connectivity index (χ4v) is 2.49. The molecule has 0 aliphatic rings. The van der Waals surface area contributed by atoms with Gasteiger partial charge in [0.1, 0.15) is 16.5 Å². The topological polar surface area (TPSA) is 55.1 Å². The van der Waals surface area contributed by atoms with Crippen molar-refractivity contribution in [2.24, 2.45) is 0 Å². The maximum absolute atomic E-state index is 14.0. The molecule has 1 aromatic heterocycles. The summed E-state index contributed by atoms with van der Waals surface area (Å²) in [5.74, 6) is -1.40. The number of aliphatic carboxylic acids is 1. The molecule has 1 N–H and O–H groups in total. The summed E-state index contributed by atoms with van der Waals surface area (Å²) in [6.07, 6.45) is 0. The van der Waals surface area contributed by atoms with Gasteiger partial charge in [-0.25, -0.2) is 9.07 Å². The lowest BCUT2D eigenvalue weighted by atomic mass is 9.93. The number of rotatable bonds is 4. The summed E-state index contributed by atoms with van der Waals surface area (Å²) in [5, 5.41) is 13.9. The lowest BCUT2D eigenvalue weighted by Gasteiger charge is -2.14.